The highest BCUT2D eigenvalue weighted by Crippen LogP contribution is 2.32. The van der Waals surface area contributed by atoms with Crippen LogP contribution < -0.4 is 5.73 Å². The molecular formula is C21H22F2N6O3S. The molecule has 9 nitrogen and oxygen atoms in total. The van der Waals surface area contributed by atoms with Crippen molar-refractivity contribution in [3.05, 3.63) is 47.7 Å². The number of anilines is 1. The minimum atomic E-state index is -3.05. The molecule has 0 spiro atoms. The number of hydrogen-bond acceptors (Lipinski definition) is 7. The van der Waals surface area contributed by atoms with Crippen molar-refractivity contribution in [2.75, 3.05) is 18.8 Å². The third-order valence-electron chi connectivity index (χ3n) is 5.53. The van der Waals surface area contributed by atoms with E-state index in [0.29, 0.717) is 24.3 Å². The number of nitrogens with zero attached hydrogens (tertiary/aromatic N) is 5. The highest BCUT2D eigenvalue weighted by Gasteiger charge is 2.41. The van der Waals surface area contributed by atoms with E-state index in [1.807, 2.05) is 0 Å². The molecule has 1 aliphatic carbocycles. The molecule has 5 rings (SSSR count). The number of rotatable bonds is 3. The number of aliphatic hydroxyl groups is 1. The summed E-state index contributed by atoms with van der Waals surface area (Å²) < 4.78 is 53.3. The first-order valence-corrected chi connectivity index (χ1v) is 11.9. The van der Waals surface area contributed by atoms with Crippen molar-refractivity contribution in [2.45, 2.75) is 37.0 Å². The summed E-state index contributed by atoms with van der Waals surface area (Å²) in [5, 5.41) is 22.0. The number of sulfonamides is 1. The number of nitrogen functional groups attached to an aromatic ring is 1. The molecule has 1 aromatic carbocycles. The number of β-amino-alcohol motifs (C(OH)–C–C–N with tert-alkyl or cyclic N) is 1. The zero-order chi connectivity index (χ0) is 23.8. The molecular weight excluding hydrogens is 454 g/mol. The van der Waals surface area contributed by atoms with Gasteiger partial charge in [0.15, 0.2) is 5.82 Å². The van der Waals surface area contributed by atoms with E-state index in [2.05, 4.69) is 10.1 Å². The van der Waals surface area contributed by atoms with Gasteiger partial charge in [0.25, 0.3) is 0 Å². The van der Waals surface area contributed by atoms with Gasteiger partial charge in [0.2, 0.25) is 16.0 Å². The average molecular weight is 477 g/mol. The number of piperidine rings is 1. The van der Waals surface area contributed by atoms with E-state index in [9.17, 15) is 22.3 Å². The van der Waals surface area contributed by atoms with Crippen LogP contribution >= 0.6 is 0 Å². The van der Waals surface area contributed by atoms with Crippen molar-refractivity contribution in [3.8, 4) is 17.3 Å². The molecule has 1 atom stereocenters. The Bertz CT molecular complexity index is 1330. The Morgan fingerprint density at radius 1 is 1.18 bits per heavy atom. The lowest BCUT2D eigenvalue weighted by atomic mass is 10.1. The summed E-state index contributed by atoms with van der Waals surface area (Å²) >= 11 is 0. The van der Waals surface area contributed by atoms with Gasteiger partial charge in [-0.3, -0.25) is 0 Å². The van der Waals surface area contributed by atoms with Crippen molar-refractivity contribution in [3.63, 3.8) is 0 Å². The van der Waals surface area contributed by atoms with Gasteiger partial charge >= 0.3 is 0 Å². The van der Waals surface area contributed by atoms with Crippen LogP contribution in [0, 0.1) is 23.0 Å². The van der Waals surface area contributed by atoms with E-state index >= 15 is 0 Å². The topological polar surface area (TPSA) is 138 Å². The molecule has 33 heavy (non-hydrogen) atoms. The second-order valence-corrected chi connectivity index (χ2v) is 10.2. The molecule has 1 aliphatic heterocycles. The van der Waals surface area contributed by atoms with Gasteiger partial charge in [-0.25, -0.2) is 26.7 Å². The van der Waals surface area contributed by atoms with Gasteiger partial charge in [0.1, 0.15) is 17.4 Å². The number of aromatic nitrogens is 3. The molecule has 174 valence electrons. The lowest BCUT2D eigenvalue weighted by molar-refractivity contribution is 0.108. The average Bonchev–Trinajstić information content (AvgIpc) is 3.60. The summed E-state index contributed by atoms with van der Waals surface area (Å²) in [6, 6.07) is 6.89. The van der Waals surface area contributed by atoms with Crippen LogP contribution in [0.3, 0.4) is 0 Å². The Kier molecular flexibility index (Phi) is 6.29. The summed E-state index contributed by atoms with van der Waals surface area (Å²) in [6.07, 6.45) is 3.92. The maximum absolute atomic E-state index is 13.8. The van der Waals surface area contributed by atoms with Gasteiger partial charge in [-0.05, 0) is 43.9 Å². The van der Waals surface area contributed by atoms with Gasteiger partial charge in [0, 0.05) is 24.7 Å². The second kappa shape index (κ2) is 9.01. The summed E-state index contributed by atoms with van der Waals surface area (Å²) in [4.78, 5) is 3.72. The van der Waals surface area contributed by atoms with Gasteiger partial charge in [0.05, 0.1) is 28.8 Å². The minimum Gasteiger partial charge on any atom is -0.392 e. The van der Waals surface area contributed by atoms with Crippen molar-refractivity contribution in [1.82, 2.24) is 18.9 Å². The zero-order valence-electron chi connectivity index (χ0n) is 17.5. The van der Waals surface area contributed by atoms with E-state index in [0.717, 1.165) is 31.7 Å². The van der Waals surface area contributed by atoms with Crippen LogP contribution in [-0.2, 0) is 10.0 Å². The molecule has 0 bridgehead atoms. The smallest absolute Gasteiger partial charge is 0.238 e. The number of fused-ring (bicyclic) bond motifs is 1. The quantitative estimate of drug-likeness (QED) is 0.590. The number of benzene rings is 1. The van der Waals surface area contributed by atoms with Crippen LogP contribution in [0.1, 0.15) is 31.2 Å². The molecule has 0 amide bonds. The lowest BCUT2D eigenvalue weighted by Crippen LogP contribution is -2.43. The molecule has 12 heteroatoms. The SMILES string of the molecule is N#Cc1cc(-c2cc(F)c3cnc(N)nn23)ccc1F.O=S(=O)(C1CC1)N1CCCC(O)C1. The molecule has 1 unspecified atom stereocenters. The molecule has 3 N–H and O–H groups in total. The van der Waals surface area contributed by atoms with Crippen LogP contribution in [0.5, 0.6) is 0 Å². The zero-order valence-corrected chi connectivity index (χ0v) is 18.3. The van der Waals surface area contributed by atoms with Crippen molar-refractivity contribution >= 4 is 21.5 Å². The molecule has 2 fully saturated rings. The van der Waals surface area contributed by atoms with Gasteiger partial charge in [-0.1, -0.05) is 0 Å². The Morgan fingerprint density at radius 3 is 2.61 bits per heavy atom. The summed E-state index contributed by atoms with van der Waals surface area (Å²) in [5.74, 6) is -1.17. The minimum absolute atomic E-state index is 0.0167. The number of halogens is 2. The predicted molar refractivity (Wildman–Crippen MR) is 116 cm³/mol. The largest absolute Gasteiger partial charge is 0.392 e. The molecule has 2 aliphatic rings. The number of nitriles is 1. The summed E-state index contributed by atoms with van der Waals surface area (Å²) in [7, 11) is -3.05. The first-order chi connectivity index (χ1) is 15.7. The third kappa shape index (κ3) is 4.80. The maximum Gasteiger partial charge on any atom is 0.238 e. The Balaban J connectivity index is 0.000000172. The fourth-order valence-corrected chi connectivity index (χ4v) is 5.59. The number of nitrogens with two attached hydrogens (primary N) is 1. The second-order valence-electron chi connectivity index (χ2n) is 8.00. The van der Waals surface area contributed by atoms with Crippen LogP contribution in [0.4, 0.5) is 14.7 Å². The Labute approximate surface area is 189 Å². The van der Waals surface area contributed by atoms with Crippen LogP contribution in [0.2, 0.25) is 0 Å². The predicted octanol–water partition coefficient (Wildman–Crippen LogP) is 2.06. The van der Waals surface area contributed by atoms with E-state index in [4.69, 9.17) is 11.0 Å². The normalized spacial score (nSPS) is 19.0. The van der Waals surface area contributed by atoms with E-state index in [1.54, 1.807) is 6.07 Å². The molecule has 3 heterocycles. The first-order valence-electron chi connectivity index (χ1n) is 10.4. The number of hydrogen-bond donors (Lipinski definition) is 2. The van der Waals surface area contributed by atoms with Crippen LogP contribution in [-0.4, -0.2) is 56.9 Å². The van der Waals surface area contributed by atoms with Gasteiger partial charge < -0.3 is 10.8 Å². The highest BCUT2D eigenvalue weighted by molar-refractivity contribution is 7.90. The molecule has 1 saturated carbocycles. The fourth-order valence-electron chi connectivity index (χ4n) is 3.67. The van der Waals surface area contributed by atoms with Crippen molar-refractivity contribution in [1.29, 1.82) is 5.26 Å². The van der Waals surface area contributed by atoms with Gasteiger partial charge in [-0.2, -0.15) is 9.57 Å². The fraction of sp³-hybridized carbons (Fsp3) is 0.381. The molecule has 3 aromatic rings. The van der Waals surface area contributed by atoms with Crippen molar-refractivity contribution < 1.29 is 22.3 Å². The van der Waals surface area contributed by atoms with Gasteiger partial charge in [-0.15, -0.1) is 5.10 Å². The number of aliphatic hydroxyl groups excluding tert-OH is 1. The van der Waals surface area contributed by atoms with E-state index in [1.165, 1.54) is 33.2 Å². The Hall–Kier alpha value is -3.14. The van der Waals surface area contributed by atoms with E-state index in [-0.39, 0.29) is 22.3 Å². The third-order valence-corrected chi connectivity index (χ3v) is 7.90. The molecule has 1 saturated heterocycles. The Morgan fingerprint density at radius 2 is 1.94 bits per heavy atom. The summed E-state index contributed by atoms with van der Waals surface area (Å²) in [6.45, 7) is 0.898. The van der Waals surface area contributed by atoms with Crippen molar-refractivity contribution in [2.24, 2.45) is 0 Å². The first kappa shape index (κ1) is 23.0. The highest BCUT2D eigenvalue weighted by atomic mass is 32.2. The van der Waals surface area contributed by atoms with E-state index < -0.39 is 27.8 Å². The monoisotopic (exact) mass is 476 g/mol. The lowest BCUT2D eigenvalue weighted by Gasteiger charge is -2.29. The van der Waals surface area contributed by atoms with Crippen LogP contribution in [0.25, 0.3) is 16.8 Å². The standard InChI is InChI=1S/C13H7F2N5.C8H15NO3S/c14-9-2-1-7(3-8(9)5-16)11-4-10(15)12-6-18-13(17)19-20(11)12;10-7-2-1-5-9(6-7)13(11,12)8-3-4-8/h1-4,6H,(H2,17,19);7-8,10H,1-6H2. The summed E-state index contributed by atoms with van der Waals surface area (Å²) in [5.41, 5.74) is 6.33. The molecule has 2 aromatic heterocycles. The molecule has 0 radical (unpaired) electrons. The maximum atomic E-state index is 13.8. The van der Waals surface area contributed by atoms with Crippen LogP contribution in [0.15, 0.2) is 30.5 Å².